The van der Waals surface area contributed by atoms with Gasteiger partial charge in [0.25, 0.3) is 0 Å². The van der Waals surface area contributed by atoms with Crippen molar-refractivity contribution in [2.24, 2.45) is 5.73 Å². The molecule has 0 unspecified atom stereocenters. The third-order valence-corrected chi connectivity index (χ3v) is 1.77. The summed E-state index contributed by atoms with van der Waals surface area (Å²) in [5.74, 6) is -1.27. The van der Waals surface area contributed by atoms with Gasteiger partial charge < -0.3 is 5.73 Å². The van der Waals surface area contributed by atoms with Crippen molar-refractivity contribution in [3.63, 3.8) is 0 Å². The summed E-state index contributed by atoms with van der Waals surface area (Å²) < 4.78 is 50.1. The van der Waals surface area contributed by atoms with Crippen LogP contribution in [-0.2, 0) is 6.18 Å². The van der Waals surface area contributed by atoms with Gasteiger partial charge in [-0.1, -0.05) is 24.3 Å². The van der Waals surface area contributed by atoms with Crippen LogP contribution in [-0.4, -0.2) is 6.54 Å². The summed E-state index contributed by atoms with van der Waals surface area (Å²) in [7, 11) is 0. The Balaban J connectivity index is 3.17. The fourth-order valence-electron chi connectivity index (χ4n) is 1.09. The second kappa shape index (κ2) is 4.44. The molecule has 0 aliphatic rings. The summed E-state index contributed by atoms with van der Waals surface area (Å²) in [6.07, 6.45) is -2.06. The van der Waals surface area contributed by atoms with E-state index in [4.69, 9.17) is 5.73 Å². The topological polar surface area (TPSA) is 26.0 Å². The lowest BCUT2D eigenvalue weighted by molar-refractivity contribution is -0.140. The zero-order valence-electron chi connectivity index (χ0n) is 7.68. The molecule has 0 aliphatic carbocycles. The molecule has 15 heavy (non-hydrogen) atoms. The van der Waals surface area contributed by atoms with Crippen molar-refractivity contribution in [2.75, 3.05) is 6.54 Å². The van der Waals surface area contributed by atoms with Crippen molar-refractivity contribution >= 4 is 6.08 Å². The van der Waals surface area contributed by atoms with Crippen LogP contribution in [0.5, 0.6) is 0 Å². The first-order chi connectivity index (χ1) is 6.96. The lowest BCUT2D eigenvalue weighted by Crippen LogP contribution is -2.08. The second-order valence-corrected chi connectivity index (χ2v) is 2.84. The van der Waals surface area contributed by atoms with E-state index < -0.39 is 17.6 Å². The maximum Gasteiger partial charge on any atom is 0.419 e. The van der Waals surface area contributed by atoms with Gasteiger partial charge in [-0.05, 0) is 6.07 Å². The highest BCUT2D eigenvalue weighted by Gasteiger charge is 2.34. The van der Waals surface area contributed by atoms with Crippen LogP contribution in [0.4, 0.5) is 17.6 Å². The number of benzene rings is 1. The number of hydrogen-bond acceptors (Lipinski definition) is 1. The molecule has 1 aromatic carbocycles. The fourth-order valence-corrected chi connectivity index (χ4v) is 1.09. The molecule has 0 radical (unpaired) electrons. The molecule has 0 aromatic heterocycles. The first-order valence-corrected chi connectivity index (χ1v) is 4.19. The maximum atomic E-state index is 13.3. The Bertz CT molecular complexity index is 368. The first kappa shape index (κ1) is 11.7. The van der Waals surface area contributed by atoms with Gasteiger partial charge >= 0.3 is 6.18 Å². The van der Waals surface area contributed by atoms with Crippen molar-refractivity contribution in [1.82, 2.24) is 0 Å². The predicted molar refractivity (Wildman–Crippen MR) is 49.5 cm³/mol. The van der Waals surface area contributed by atoms with Crippen LogP contribution in [0.3, 0.4) is 0 Å². The maximum absolute atomic E-state index is 13.3. The zero-order valence-corrected chi connectivity index (χ0v) is 7.68. The molecule has 0 atom stereocenters. The molecule has 1 rings (SSSR count). The van der Waals surface area contributed by atoms with Gasteiger partial charge in [0.1, 0.15) is 5.82 Å². The van der Waals surface area contributed by atoms with Gasteiger partial charge in [0.2, 0.25) is 0 Å². The summed E-state index contributed by atoms with van der Waals surface area (Å²) in [4.78, 5) is 0. The summed E-state index contributed by atoms with van der Waals surface area (Å²) in [5.41, 5.74) is 3.74. The smallest absolute Gasteiger partial charge is 0.327 e. The molecule has 0 amide bonds. The SMILES string of the molecule is NCC=Cc1cccc(C(F)(F)F)c1F. The molecule has 0 fully saturated rings. The second-order valence-electron chi connectivity index (χ2n) is 2.84. The molecule has 0 heterocycles. The molecule has 0 saturated carbocycles. The highest BCUT2D eigenvalue weighted by atomic mass is 19.4. The van der Waals surface area contributed by atoms with Crippen molar-refractivity contribution in [3.05, 3.63) is 41.2 Å². The quantitative estimate of drug-likeness (QED) is 0.760. The van der Waals surface area contributed by atoms with Gasteiger partial charge in [0.05, 0.1) is 5.56 Å². The molecule has 0 saturated heterocycles. The van der Waals surface area contributed by atoms with E-state index >= 15 is 0 Å². The van der Waals surface area contributed by atoms with E-state index in [1.807, 2.05) is 0 Å². The minimum Gasteiger partial charge on any atom is -0.327 e. The summed E-state index contributed by atoms with van der Waals surface area (Å²) in [5, 5.41) is 0. The molecule has 0 bridgehead atoms. The molecule has 5 heteroatoms. The monoisotopic (exact) mass is 219 g/mol. The number of halogens is 4. The predicted octanol–water partition coefficient (Wildman–Crippen LogP) is 2.82. The van der Waals surface area contributed by atoms with Gasteiger partial charge in [-0.15, -0.1) is 0 Å². The highest BCUT2D eigenvalue weighted by molar-refractivity contribution is 5.52. The normalized spacial score (nSPS) is 12.3. The van der Waals surface area contributed by atoms with Crippen LogP contribution in [0.15, 0.2) is 24.3 Å². The molecule has 82 valence electrons. The summed E-state index contributed by atoms with van der Waals surface area (Å²) >= 11 is 0. The van der Waals surface area contributed by atoms with Gasteiger partial charge in [-0.3, -0.25) is 0 Å². The standard InChI is InChI=1S/C10H9F4N/c11-9-7(4-2-6-15)3-1-5-8(9)10(12,13)14/h1-5H,6,15H2. The van der Waals surface area contributed by atoms with Crippen LogP contribution >= 0.6 is 0 Å². The highest BCUT2D eigenvalue weighted by Crippen LogP contribution is 2.32. The third kappa shape index (κ3) is 2.79. The van der Waals surface area contributed by atoms with E-state index in [9.17, 15) is 17.6 Å². The Morgan fingerprint density at radius 2 is 1.93 bits per heavy atom. The number of alkyl halides is 3. The van der Waals surface area contributed by atoms with E-state index in [1.165, 1.54) is 18.2 Å². The molecule has 0 spiro atoms. The largest absolute Gasteiger partial charge is 0.419 e. The Hall–Kier alpha value is -1.36. The number of hydrogen-bond donors (Lipinski definition) is 1. The van der Waals surface area contributed by atoms with Crippen LogP contribution in [0.2, 0.25) is 0 Å². The van der Waals surface area contributed by atoms with Gasteiger partial charge in [-0.2, -0.15) is 13.2 Å². The van der Waals surface area contributed by atoms with Crippen molar-refractivity contribution in [3.8, 4) is 0 Å². The lowest BCUT2D eigenvalue weighted by Gasteiger charge is -2.08. The van der Waals surface area contributed by atoms with Crippen LogP contribution in [0, 0.1) is 5.82 Å². The van der Waals surface area contributed by atoms with E-state index in [-0.39, 0.29) is 12.1 Å². The average Bonchev–Trinajstić information content (AvgIpc) is 2.14. The van der Waals surface area contributed by atoms with Crippen molar-refractivity contribution < 1.29 is 17.6 Å². The molecular formula is C10H9F4N. The fraction of sp³-hybridized carbons (Fsp3) is 0.200. The van der Waals surface area contributed by atoms with Crippen molar-refractivity contribution in [2.45, 2.75) is 6.18 Å². The summed E-state index contributed by atoms with van der Waals surface area (Å²) in [6, 6.07) is 3.12. The Morgan fingerprint density at radius 3 is 2.47 bits per heavy atom. The van der Waals surface area contributed by atoms with Crippen molar-refractivity contribution in [1.29, 1.82) is 0 Å². The molecule has 0 aliphatic heterocycles. The molecule has 1 nitrogen and oxygen atoms in total. The van der Waals surface area contributed by atoms with E-state index in [0.29, 0.717) is 6.07 Å². The Morgan fingerprint density at radius 1 is 1.27 bits per heavy atom. The van der Waals surface area contributed by atoms with E-state index in [0.717, 1.165) is 6.07 Å². The van der Waals surface area contributed by atoms with Crippen LogP contribution < -0.4 is 5.73 Å². The lowest BCUT2D eigenvalue weighted by atomic mass is 10.1. The first-order valence-electron chi connectivity index (χ1n) is 4.19. The summed E-state index contributed by atoms with van der Waals surface area (Å²) in [6.45, 7) is 0.148. The Labute approximate surface area is 84.2 Å². The zero-order chi connectivity index (χ0) is 11.5. The van der Waals surface area contributed by atoms with Gasteiger partial charge in [-0.25, -0.2) is 4.39 Å². The van der Waals surface area contributed by atoms with E-state index in [2.05, 4.69) is 0 Å². The Kier molecular flexibility index (Phi) is 3.47. The third-order valence-electron chi connectivity index (χ3n) is 1.77. The molecule has 1 aromatic rings. The minimum absolute atomic E-state index is 0.115. The molecule has 2 N–H and O–H groups in total. The van der Waals surface area contributed by atoms with Crippen LogP contribution in [0.25, 0.3) is 6.08 Å². The number of rotatable bonds is 2. The van der Waals surface area contributed by atoms with Crippen LogP contribution in [0.1, 0.15) is 11.1 Å². The average molecular weight is 219 g/mol. The molecular weight excluding hydrogens is 210 g/mol. The number of nitrogens with two attached hydrogens (primary N) is 1. The minimum atomic E-state index is -4.67. The van der Waals surface area contributed by atoms with Gasteiger partial charge in [0.15, 0.2) is 0 Å². The van der Waals surface area contributed by atoms with E-state index in [1.54, 1.807) is 0 Å². The van der Waals surface area contributed by atoms with Gasteiger partial charge in [0, 0.05) is 12.1 Å².